The van der Waals surface area contributed by atoms with E-state index in [2.05, 4.69) is 4.68 Å². The van der Waals surface area contributed by atoms with Gasteiger partial charge in [-0.25, -0.2) is 4.68 Å². The average Bonchev–Trinajstić information content (AvgIpc) is 3.26. The van der Waals surface area contributed by atoms with Crippen LogP contribution in [0.2, 0.25) is 0 Å². The molecule has 0 bridgehead atoms. The molecule has 1 amide bonds. The Balaban J connectivity index is 1.67. The van der Waals surface area contributed by atoms with E-state index in [1.165, 1.54) is 38.5 Å². The summed E-state index contributed by atoms with van der Waals surface area (Å²) in [6.45, 7) is 3.99. The molecule has 1 aromatic carbocycles. The highest BCUT2D eigenvalue weighted by atomic mass is 16.5. The predicted octanol–water partition coefficient (Wildman–Crippen LogP) is 5.17. The van der Waals surface area contributed by atoms with Crippen LogP contribution in [0.5, 0.6) is 5.75 Å². The number of hydrogen-bond donors (Lipinski definition) is 0. The Morgan fingerprint density at radius 1 is 1.06 bits per heavy atom. The first-order valence-electron chi connectivity index (χ1n) is 12.0. The van der Waals surface area contributed by atoms with Gasteiger partial charge < -0.3 is 4.74 Å². The lowest BCUT2D eigenvalue weighted by Crippen LogP contribution is -2.62. The van der Waals surface area contributed by atoms with Gasteiger partial charge in [0.05, 0.1) is 12.6 Å². The van der Waals surface area contributed by atoms with E-state index in [0.29, 0.717) is 11.7 Å². The zero-order valence-corrected chi connectivity index (χ0v) is 19.0. The lowest BCUT2D eigenvalue weighted by Gasteiger charge is -2.55. The molecule has 2 aromatic rings. The number of methoxy groups -OCH3 is 1. The van der Waals surface area contributed by atoms with Gasteiger partial charge in [-0.2, -0.15) is 4.98 Å². The van der Waals surface area contributed by atoms with Gasteiger partial charge in [0.15, 0.2) is 5.82 Å². The maximum absolute atomic E-state index is 13.4. The summed E-state index contributed by atoms with van der Waals surface area (Å²) in [5.41, 5.74) is 0.970. The molecule has 1 aliphatic heterocycles. The summed E-state index contributed by atoms with van der Waals surface area (Å²) in [6, 6.07) is 8.16. The zero-order valence-electron chi connectivity index (χ0n) is 19.0. The van der Waals surface area contributed by atoms with Crippen LogP contribution in [-0.4, -0.2) is 33.8 Å². The van der Waals surface area contributed by atoms with Crippen molar-refractivity contribution in [3.05, 3.63) is 24.3 Å². The maximum atomic E-state index is 13.4. The normalized spacial score (nSPS) is 24.7. The molecule has 2 saturated carbocycles. The number of rotatable bonds is 3. The quantitative estimate of drug-likeness (QED) is 0.684. The maximum Gasteiger partial charge on any atom is 0.232 e. The number of nitrogens with zero attached hydrogens (tertiary/aromatic N) is 4. The largest absolute Gasteiger partial charge is 0.497 e. The number of hydrogen-bond acceptors (Lipinski definition) is 4. The van der Waals surface area contributed by atoms with Crippen LogP contribution in [0.15, 0.2) is 24.3 Å². The summed E-state index contributed by atoms with van der Waals surface area (Å²) in [5, 5.41) is 5.11. The van der Waals surface area contributed by atoms with Gasteiger partial charge >= 0.3 is 0 Å². The fraction of sp³-hybridized carbons (Fsp3) is 0.640. The Hall–Kier alpha value is -2.37. The third-order valence-electron chi connectivity index (χ3n) is 7.78. The summed E-state index contributed by atoms with van der Waals surface area (Å²) in [6.07, 6.45) is 10.8. The van der Waals surface area contributed by atoms with Crippen molar-refractivity contribution in [3.8, 4) is 17.1 Å². The molecule has 6 nitrogen and oxygen atoms in total. The Labute approximate surface area is 185 Å². The minimum atomic E-state index is -0.0578. The number of aromatic nitrogens is 3. The molecule has 166 valence electrons. The molecular formula is C25H34N4O2. The number of amides is 1. The fourth-order valence-corrected chi connectivity index (χ4v) is 6.26. The first-order valence-corrected chi connectivity index (χ1v) is 12.0. The van der Waals surface area contributed by atoms with Gasteiger partial charge in [0.25, 0.3) is 0 Å². The van der Waals surface area contributed by atoms with Gasteiger partial charge in [-0.3, -0.25) is 9.69 Å². The lowest BCUT2D eigenvalue weighted by atomic mass is 9.64. The summed E-state index contributed by atoms with van der Waals surface area (Å²) in [4.78, 5) is 20.5. The number of carbonyl (C=O) groups is 1. The lowest BCUT2D eigenvalue weighted by molar-refractivity contribution is -0.123. The third-order valence-corrected chi connectivity index (χ3v) is 7.78. The molecule has 1 aromatic heterocycles. The van der Waals surface area contributed by atoms with E-state index in [1.54, 1.807) is 7.11 Å². The summed E-state index contributed by atoms with van der Waals surface area (Å²) in [5.74, 6) is 2.90. The van der Waals surface area contributed by atoms with Crippen molar-refractivity contribution in [1.82, 2.24) is 14.8 Å². The standard InChI is InChI=1S/C25H34N4O2/c1-17(2)23(30)28-21-10-6-5-9-20(21)25(15-7-4-8-16-25)29-24(28)26-22(27-29)18-11-13-19(31-3)14-12-18/h11-14,17,20-21H,4-10,15-16H2,1-3H3. The Morgan fingerprint density at radius 3 is 2.45 bits per heavy atom. The topological polar surface area (TPSA) is 60.2 Å². The van der Waals surface area contributed by atoms with Gasteiger partial charge in [-0.1, -0.05) is 46.0 Å². The number of ether oxygens (including phenoxy) is 1. The molecule has 0 saturated heterocycles. The van der Waals surface area contributed by atoms with E-state index >= 15 is 0 Å². The molecule has 2 unspecified atom stereocenters. The second kappa shape index (κ2) is 7.95. The van der Waals surface area contributed by atoms with Gasteiger partial charge in [0.1, 0.15) is 5.75 Å². The van der Waals surface area contributed by atoms with Crippen molar-refractivity contribution in [3.63, 3.8) is 0 Å². The molecule has 3 aliphatic rings. The molecule has 2 fully saturated rings. The van der Waals surface area contributed by atoms with Crippen LogP contribution in [0.1, 0.15) is 71.6 Å². The Kier molecular flexibility index (Phi) is 5.27. The highest BCUT2D eigenvalue weighted by molar-refractivity contribution is 5.94. The van der Waals surface area contributed by atoms with Crippen LogP contribution in [0.3, 0.4) is 0 Å². The van der Waals surface area contributed by atoms with Crippen LogP contribution in [0.4, 0.5) is 5.95 Å². The molecule has 2 atom stereocenters. The van der Waals surface area contributed by atoms with Crippen LogP contribution in [0.25, 0.3) is 11.4 Å². The van der Waals surface area contributed by atoms with Crippen molar-refractivity contribution in [2.24, 2.45) is 11.8 Å². The molecule has 2 heterocycles. The van der Waals surface area contributed by atoms with Gasteiger partial charge in [0.2, 0.25) is 11.9 Å². The Morgan fingerprint density at radius 2 is 1.77 bits per heavy atom. The molecule has 2 aliphatic carbocycles. The molecular weight excluding hydrogens is 388 g/mol. The van der Waals surface area contributed by atoms with Crippen LogP contribution in [0, 0.1) is 11.8 Å². The van der Waals surface area contributed by atoms with Crippen molar-refractivity contribution in [2.45, 2.75) is 83.2 Å². The van der Waals surface area contributed by atoms with Gasteiger partial charge in [-0.05, 0) is 49.9 Å². The van der Waals surface area contributed by atoms with E-state index < -0.39 is 0 Å². The number of benzene rings is 1. The van der Waals surface area contributed by atoms with Gasteiger partial charge in [-0.15, -0.1) is 5.10 Å². The molecule has 5 rings (SSSR count). The van der Waals surface area contributed by atoms with Crippen molar-refractivity contribution < 1.29 is 9.53 Å². The van der Waals surface area contributed by atoms with E-state index in [-0.39, 0.29) is 23.4 Å². The molecule has 0 N–H and O–H groups in total. The smallest absolute Gasteiger partial charge is 0.232 e. The minimum Gasteiger partial charge on any atom is -0.497 e. The van der Waals surface area contributed by atoms with Crippen molar-refractivity contribution >= 4 is 11.9 Å². The first kappa shape index (κ1) is 20.5. The van der Waals surface area contributed by atoms with Crippen LogP contribution >= 0.6 is 0 Å². The van der Waals surface area contributed by atoms with E-state index in [4.69, 9.17) is 14.8 Å². The van der Waals surface area contributed by atoms with Crippen molar-refractivity contribution in [1.29, 1.82) is 0 Å². The van der Waals surface area contributed by atoms with Crippen molar-refractivity contribution in [2.75, 3.05) is 12.0 Å². The summed E-state index contributed by atoms with van der Waals surface area (Å²) in [7, 11) is 1.67. The number of fused-ring (bicyclic) bond motifs is 4. The summed E-state index contributed by atoms with van der Waals surface area (Å²) < 4.78 is 7.51. The second-order valence-corrected chi connectivity index (χ2v) is 9.86. The third kappa shape index (κ3) is 3.26. The molecule has 31 heavy (non-hydrogen) atoms. The summed E-state index contributed by atoms with van der Waals surface area (Å²) >= 11 is 0. The Bertz CT molecular complexity index is 943. The minimum absolute atomic E-state index is 0.00412. The monoisotopic (exact) mass is 422 g/mol. The number of carbonyl (C=O) groups excluding carboxylic acids is 1. The van der Waals surface area contributed by atoms with Crippen LogP contribution < -0.4 is 9.64 Å². The van der Waals surface area contributed by atoms with Crippen LogP contribution in [-0.2, 0) is 10.3 Å². The van der Waals surface area contributed by atoms with E-state index in [1.807, 2.05) is 43.0 Å². The predicted molar refractivity (Wildman–Crippen MR) is 121 cm³/mol. The zero-order chi connectivity index (χ0) is 21.6. The highest BCUT2D eigenvalue weighted by Crippen LogP contribution is 2.53. The SMILES string of the molecule is COc1ccc(-c2nc3n(n2)C2(CCCCC2)C2CCCCC2N3C(=O)C(C)C)cc1. The molecule has 0 radical (unpaired) electrons. The molecule has 1 spiro atoms. The first-order chi connectivity index (χ1) is 15.0. The number of anilines is 1. The van der Waals surface area contributed by atoms with E-state index in [0.717, 1.165) is 36.5 Å². The average molecular weight is 423 g/mol. The fourth-order valence-electron chi connectivity index (χ4n) is 6.26. The van der Waals surface area contributed by atoms with Gasteiger partial charge in [0, 0.05) is 23.4 Å². The van der Waals surface area contributed by atoms with E-state index in [9.17, 15) is 4.79 Å². The second-order valence-electron chi connectivity index (χ2n) is 9.86. The highest BCUT2D eigenvalue weighted by Gasteiger charge is 2.55. The molecule has 6 heteroatoms.